The fraction of sp³-hybridized carbons (Fsp3) is 0.792. The predicted molar refractivity (Wildman–Crippen MR) is 108 cm³/mol. The third-order valence-electron chi connectivity index (χ3n) is 8.20. The zero-order valence-corrected chi connectivity index (χ0v) is 17.7. The first-order valence-corrected chi connectivity index (χ1v) is 10.5. The van der Waals surface area contributed by atoms with Gasteiger partial charge >= 0.3 is 0 Å². The maximum Gasteiger partial charge on any atom is 0.145 e. The Hall–Kier alpha value is -0.890. The van der Waals surface area contributed by atoms with Crippen LogP contribution in [-0.2, 0) is 4.79 Å². The van der Waals surface area contributed by atoms with Crippen LogP contribution in [0.25, 0.3) is 0 Å². The van der Waals surface area contributed by atoms with Crippen molar-refractivity contribution >= 4 is 6.29 Å². The van der Waals surface area contributed by atoms with E-state index in [1.54, 1.807) is 0 Å². The summed E-state index contributed by atoms with van der Waals surface area (Å²) >= 11 is 0. The Morgan fingerprint density at radius 3 is 1.54 bits per heavy atom. The summed E-state index contributed by atoms with van der Waals surface area (Å²) in [5.74, 6) is 1.66. The van der Waals surface area contributed by atoms with Crippen LogP contribution in [0.1, 0.15) is 80.1 Å². The normalized spacial score (nSPS) is 42.8. The average Bonchev–Trinajstić information content (AvgIpc) is 2.42. The number of hydrogen-bond donors (Lipinski definition) is 1. The minimum atomic E-state index is 0.233. The first kappa shape index (κ1) is 19.9. The van der Waals surface area contributed by atoms with Crippen LogP contribution in [0.15, 0.2) is 23.3 Å². The molecule has 6 aliphatic rings. The average molecular weight is 359 g/mol. The molecule has 0 radical (unpaired) electrons. The van der Waals surface area contributed by atoms with Crippen molar-refractivity contribution in [2.24, 2.45) is 33.5 Å². The monoisotopic (exact) mass is 358 g/mol. The summed E-state index contributed by atoms with van der Waals surface area (Å²) in [7, 11) is 0. The molecule has 0 aliphatic heterocycles. The van der Waals surface area contributed by atoms with Gasteiger partial charge in [0.1, 0.15) is 6.29 Å². The van der Waals surface area contributed by atoms with Gasteiger partial charge in [0.15, 0.2) is 0 Å². The second kappa shape index (κ2) is 6.33. The molecule has 6 saturated carbocycles. The van der Waals surface area contributed by atoms with Gasteiger partial charge in [-0.25, -0.2) is 0 Å². The molecule has 26 heavy (non-hydrogen) atoms. The summed E-state index contributed by atoms with van der Waals surface area (Å²) in [6.07, 6.45) is 13.6. The largest absolute Gasteiger partial charge is 0.392 e. The molecule has 6 rings (SSSR count). The van der Waals surface area contributed by atoms with E-state index in [-0.39, 0.29) is 6.61 Å². The molecule has 6 fully saturated rings. The SMILES string of the molecule is C/C(=C\C12CC(C(C)C)(C1)C2)CO.C/C(C=O)=C\C12CC(C(C)C)(C1)C2. The van der Waals surface area contributed by atoms with E-state index >= 15 is 0 Å². The summed E-state index contributed by atoms with van der Waals surface area (Å²) in [6.45, 7) is 13.5. The molecule has 146 valence electrons. The van der Waals surface area contributed by atoms with Crippen molar-refractivity contribution in [3.8, 4) is 0 Å². The molecule has 0 heterocycles. The molecular weight excluding hydrogens is 320 g/mol. The zero-order chi connectivity index (χ0) is 19.4. The van der Waals surface area contributed by atoms with E-state index in [0.717, 1.165) is 29.3 Å². The summed E-state index contributed by atoms with van der Waals surface area (Å²) in [6, 6.07) is 0. The Bertz CT molecular complexity index is 595. The molecule has 0 aromatic rings. The highest BCUT2D eigenvalue weighted by molar-refractivity contribution is 5.72. The third kappa shape index (κ3) is 3.03. The van der Waals surface area contributed by atoms with Gasteiger partial charge in [0, 0.05) is 0 Å². The highest BCUT2D eigenvalue weighted by Crippen LogP contribution is 2.77. The predicted octanol–water partition coefficient (Wildman–Crippen LogP) is 5.71. The van der Waals surface area contributed by atoms with Crippen molar-refractivity contribution in [2.45, 2.75) is 80.1 Å². The first-order valence-electron chi connectivity index (χ1n) is 10.5. The van der Waals surface area contributed by atoms with E-state index in [2.05, 4.69) is 39.8 Å². The number of aldehydes is 1. The van der Waals surface area contributed by atoms with Gasteiger partial charge in [0.2, 0.25) is 0 Å². The highest BCUT2D eigenvalue weighted by atomic mass is 16.3. The Labute approximate surface area is 160 Å². The second-order valence-electron chi connectivity index (χ2n) is 11.0. The lowest BCUT2D eigenvalue weighted by molar-refractivity contribution is -0.198. The lowest BCUT2D eigenvalue weighted by atomic mass is 9.32. The Kier molecular flexibility index (Phi) is 4.83. The lowest BCUT2D eigenvalue weighted by Gasteiger charge is -2.72. The molecule has 0 amide bonds. The minimum Gasteiger partial charge on any atom is -0.392 e. The van der Waals surface area contributed by atoms with Crippen LogP contribution >= 0.6 is 0 Å². The molecule has 0 aromatic carbocycles. The molecule has 2 heteroatoms. The van der Waals surface area contributed by atoms with Crippen LogP contribution in [-0.4, -0.2) is 18.0 Å². The minimum absolute atomic E-state index is 0.233. The van der Waals surface area contributed by atoms with E-state index in [9.17, 15) is 4.79 Å². The molecule has 2 nitrogen and oxygen atoms in total. The molecule has 0 aromatic heterocycles. The fourth-order valence-electron chi connectivity index (χ4n) is 6.51. The smallest absolute Gasteiger partial charge is 0.145 e. The lowest BCUT2D eigenvalue weighted by Crippen LogP contribution is -2.63. The molecule has 6 aliphatic carbocycles. The number of carbonyl (C=O) groups is 1. The van der Waals surface area contributed by atoms with Crippen LogP contribution < -0.4 is 0 Å². The molecule has 0 unspecified atom stereocenters. The van der Waals surface area contributed by atoms with Crippen molar-refractivity contribution in [1.82, 2.24) is 0 Å². The van der Waals surface area contributed by atoms with Crippen molar-refractivity contribution in [3.63, 3.8) is 0 Å². The van der Waals surface area contributed by atoms with E-state index in [4.69, 9.17) is 5.11 Å². The Morgan fingerprint density at radius 1 is 0.846 bits per heavy atom. The highest BCUT2D eigenvalue weighted by Gasteiger charge is 2.67. The number of aliphatic hydroxyl groups excluding tert-OH is 1. The van der Waals surface area contributed by atoms with Gasteiger partial charge in [0.25, 0.3) is 0 Å². The molecule has 0 spiro atoms. The quantitative estimate of drug-likeness (QED) is 0.375. The van der Waals surface area contributed by atoms with E-state index in [1.807, 2.05) is 13.8 Å². The van der Waals surface area contributed by atoms with Crippen LogP contribution in [0.4, 0.5) is 0 Å². The molecular formula is C24H38O2. The summed E-state index contributed by atoms with van der Waals surface area (Å²) < 4.78 is 0. The van der Waals surface area contributed by atoms with Gasteiger partial charge in [-0.3, -0.25) is 4.79 Å². The maximum atomic E-state index is 10.5. The van der Waals surface area contributed by atoms with Gasteiger partial charge in [-0.1, -0.05) is 45.4 Å². The molecule has 1 N–H and O–H groups in total. The maximum absolute atomic E-state index is 10.5. The standard InChI is InChI=1S/C12H20O.C12H18O/c2*1-9(2)12-6-11(7-12,8-12)4-10(3)5-13/h4,9,13H,5-8H2,1-3H3;4-5,9H,6-8H2,1-3H3/b2*10-4+. The van der Waals surface area contributed by atoms with E-state index in [1.165, 1.54) is 38.5 Å². The molecule has 0 saturated heterocycles. The number of carbonyl (C=O) groups excluding carboxylic acids is 1. The number of rotatable bonds is 6. The van der Waals surface area contributed by atoms with Crippen LogP contribution in [0.5, 0.6) is 0 Å². The van der Waals surface area contributed by atoms with Crippen molar-refractivity contribution in [1.29, 1.82) is 0 Å². The molecule has 4 bridgehead atoms. The van der Waals surface area contributed by atoms with Gasteiger partial charge in [-0.05, 0) is 91.4 Å². The topological polar surface area (TPSA) is 37.3 Å². The van der Waals surface area contributed by atoms with E-state index < -0.39 is 0 Å². The van der Waals surface area contributed by atoms with Crippen LogP contribution in [0.2, 0.25) is 0 Å². The van der Waals surface area contributed by atoms with Gasteiger partial charge in [-0.2, -0.15) is 0 Å². The second-order valence-corrected chi connectivity index (χ2v) is 11.0. The number of aliphatic hydroxyl groups is 1. The van der Waals surface area contributed by atoms with Crippen molar-refractivity contribution in [3.05, 3.63) is 23.3 Å². The van der Waals surface area contributed by atoms with Gasteiger partial charge in [0.05, 0.1) is 6.61 Å². The van der Waals surface area contributed by atoms with Gasteiger partial charge in [-0.15, -0.1) is 0 Å². The van der Waals surface area contributed by atoms with Crippen LogP contribution in [0.3, 0.4) is 0 Å². The van der Waals surface area contributed by atoms with Gasteiger partial charge < -0.3 is 5.11 Å². The Balaban J connectivity index is 0.000000151. The van der Waals surface area contributed by atoms with E-state index in [0.29, 0.717) is 21.7 Å². The van der Waals surface area contributed by atoms with Crippen molar-refractivity contribution in [2.75, 3.05) is 6.61 Å². The molecule has 0 atom stereocenters. The zero-order valence-electron chi connectivity index (χ0n) is 17.7. The number of allylic oxidation sites excluding steroid dienone is 3. The summed E-state index contributed by atoms with van der Waals surface area (Å²) in [5, 5.41) is 8.94. The first-order chi connectivity index (χ1) is 12.0. The Morgan fingerprint density at radius 2 is 1.23 bits per heavy atom. The summed E-state index contributed by atoms with van der Waals surface area (Å²) in [4.78, 5) is 10.5. The van der Waals surface area contributed by atoms with Crippen LogP contribution in [0, 0.1) is 33.5 Å². The number of hydrogen-bond acceptors (Lipinski definition) is 2. The fourth-order valence-corrected chi connectivity index (χ4v) is 6.51. The third-order valence-corrected chi connectivity index (χ3v) is 8.20. The van der Waals surface area contributed by atoms with Crippen molar-refractivity contribution < 1.29 is 9.90 Å². The summed E-state index contributed by atoms with van der Waals surface area (Å²) in [5.41, 5.74) is 4.35.